The van der Waals surface area contributed by atoms with E-state index in [0.717, 1.165) is 13.1 Å². The SMILES string of the molecule is CC#CCn1cc(CNCC(C)C)cn1. The van der Waals surface area contributed by atoms with Gasteiger partial charge in [-0.2, -0.15) is 5.10 Å². The molecule has 0 radical (unpaired) electrons. The summed E-state index contributed by atoms with van der Waals surface area (Å²) in [7, 11) is 0. The normalized spacial score (nSPS) is 10.1. The van der Waals surface area contributed by atoms with Gasteiger partial charge in [-0.1, -0.05) is 19.8 Å². The molecule has 0 aromatic carbocycles. The van der Waals surface area contributed by atoms with E-state index in [4.69, 9.17) is 0 Å². The van der Waals surface area contributed by atoms with Gasteiger partial charge in [-0.25, -0.2) is 0 Å². The van der Waals surface area contributed by atoms with Gasteiger partial charge < -0.3 is 5.32 Å². The predicted octanol–water partition coefficient (Wildman–Crippen LogP) is 1.65. The molecule has 15 heavy (non-hydrogen) atoms. The van der Waals surface area contributed by atoms with E-state index in [1.165, 1.54) is 5.56 Å². The Morgan fingerprint density at radius 1 is 1.53 bits per heavy atom. The van der Waals surface area contributed by atoms with Crippen LogP contribution in [0.5, 0.6) is 0 Å². The third-order valence-electron chi connectivity index (χ3n) is 1.99. The molecule has 0 saturated carbocycles. The summed E-state index contributed by atoms with van der Waals surface area (Å²) in [6.45, 7) is 8.85. The quantitative estimate of drug-likeness (QED) is 0.741. The molecule has 1 heterocycles. The maximum Gasteiger partial charge on any atom is 0.102 e. The molecule has 1 aromatic rings. The second-order valence-corrected chi connectivity index (χ2v) is 4.00. The molecular weight excluding hydrogens is 186 g/mol. The molecule has 0 amide bonds. The van der Waals surface area contributed by atoms with Gasteiger partial charge in [0.2, 0.25) is 0 Å². The Morgan fingerprint density at radius 2 is 2.33 bits per heavy atom. The third kappa shape index (κ3) is 4.66. The molecule has 0 aliphatic rings. The fourth-order valence-electron chi connectivity index (χ4n) is 1.25. The molecule has 0 aliphatic carbocycles. The van der Waals surface area contributed by atoms with Gasteiger partial charge in [0.25, 0.3) is 0 Å². The van der Waals surface area contributed by atoms with Crippen molar-refractivity contribution in [2.75, 3.05) is 6.54 Å². The molecule has 0 spiro atoms. The van der Waals surface area contributed by atoms with Crippen LogP contribution in [-0.2, 0) is 13.1 Å². The van der Waals surface area contributed by atoms with Gasteiger partial charge in [0.1, 0.15) is 6.54 Å². The molecule has 3 heteroatoms. The van der Waals surface area contributed by atoms with Crippen LogP contribution in [0.2, 0.25) is 0 Å². The van der Waals surface area contributed by atoms with Crippen LogP contribution in [0.15, 0.2) is 12.4 Å². The highest BCUT2D eigenvalue weighted by molar-refractivity contribution is 5.05. The topological polar surface area (TPSA) is 29.9 Å². The summed E-state index contributed by atoms with van der Waals surface area (Å²) in [4.78, 5) is 0. The second kappa shape index (κ2) is 6.26. The monoisotopic (exact) mass is 205 g/mol. The van der Waals surface area contributed by atoms with Crippen LogP contribution >= 0.6 is 0 Å². The van der Waals surface area contributed by atoms with E-state index >= 15 is 0 Å². The van der Waals surface area contributed by atoms with E-state index in [9.17, 15) is 0 Å². The lowest BCUT2D eigenvalue weighted by atomic mass is 10.2. The van der Waals surface area contributed by atoms with Gasteiger partial charge in [-0.05, 0) is 19.4 Å². The lowest BCUT2D eigenvalue weighted by Gasteiger charge is -2.04. The largest absolute Gasteiger partial charge is 0.312 e. The molecule has 0 fully saturated rings. The van der Waals surface area contributed by atoms with Crippen LogP contribution in [0.4, 0.5) is 0 Å². The molecular formula is C12H19N3. The minimum absolute atomic E-state index is 0.681. The second-order valence-electron chi connectivity index (χ2n) is 4.00. The van der Waals surface area contributed by atoms with E-state index in [1.807, 2.05) is 24.0 Å². The fraction of sp³-hybridized carbons (Fsp3) is 0.583. The molecule has 1 aromatic heterocycles. The van der Waals surface area contributed by atoms with E-state index < -0.39 is 0 Å². The Morgan fingerprint density at radius 3 is 3.00 bits per heavy atom. The number of rotatable bonds is 5. The average molecular weight is 205 g/mol. The lowest BCUT2D eigenvalue weighted by Crippen LogP contribution is -2.18. The number of hydrogen-bond acceptors (Lipinski definition) is 2. The van der Waals surface area contributed by atoms with Crippen LogP contribution < -0.4 is 5.32 Å². The minimum atomic E-state index is 0.681. The molecule has 1 N–H and O–H groups in total. The van der Waals surface area contributed by atoms with Crippen LogP contribution in [0.3, 0.4) is 0 Å². The van der Waals surface area contributed by atoms with Crippen molar-refractivity contribution in [3.8, 4) is 11.8 Å². The molecule has 1 rings (SSSR count). The zero-order chi connectivity index (χ0) is 11.1. The summed E-state index contributed by atoms with van der Waals surface area (Å²) in [6.07, 6.45) is 3.93. The summed E-state index contributed by atoms with van der Waals surface area (Å²) in [5.41, 5.74) is 1.22. The van der Waals surface area contributed by atoms with Crippen molar-refractivity contribution in [1.82, 2.24) is 15.1 Å². The molecule has 3 nitrogen and oxygen atoms in total. The molecule has 0 aliphatic heterocycles. The van der Waals surface area contributed by atoms with Crippen molar-refractivity contribution in [2.24, 2.45) is 5.92 Å². The molecule has 82 valence electrons. The van der Waals surface area contributed by atoms with Gasteiger partial charge in [0.05, 0.1) is 6.20 Å². The zero-order valence-electron chi connectivity index (χ0n) is 9.75. The van der Waals surface area contributed by atoms with Gasteiger partial charge in [-0.15, -0.1) is 5.92 Å². The lowest BCUT2D eigenvalue weighted by molar-refractivity contribution is 0.552. The van der Waals surface area contributed by atoms with Crippen molar-refractivity contribution in [1.29, 1.82) is 0 Å². The molecule has 0 saturated heterocycles. The van der Waals surface area contributed by atoms with Crippen molar-refractivity contribution < 1.29 is 0 Å². The summed E-state index contributed by atoms with van der Waals surface area (Å²) in [5, 5.41) is 7.61. The van der Waals surface area contributed by atoms with Gasteiger partial charge in [0, 0.05) is 18.3 Å². The first-order chi connectivity index (χ1) is 7.22. The van der Waals surface area contributed by atoms with Crippen LogP contribution in [0.25, 0.3) is 0 Å². The number of aromatic nitrogens is 2. The van der Waals surface area contributed by atoms with Gasteiger partial charge in [0.15, 0.2) is 0 Å². The molecule has 0 unspecified atom stereocenters. The number of nitrogens with zero attached hydrogens (tertiary/aromatic N) is 2. The Bertz CT molecular complexity index is 341. The summed E-state index contributed by atoms with van der Waals surface area (Å²) >= 11 is 0. The fourth-order valence-corrected chi connectivity index (χ4v) is 1.25. The van der Waals surface area contributed by atoms with Crippen molar-refractivity contribution in [3.05, 3.63) is 18.0 Å². The van der Waals surface area contributed by atoms with E-state index in [2.05, 4.69) is 36.1 Å². The number of hydrogen-bond donors (Lipinski definition) is 1. The third-order valence-corrected chi connectivity index (χ3v) is 1.99. The maximum absolute atomic E-state index is 4.23. The van der Waals surface area contributed by atoms with Crippen molar-refractivity contribution >= 4 is 0 Å². The Balaban J connectivity index is 2.34. The Labute approximate surface area is 91.9 Å². The van der Waals surface area contributed by atoms with E-state index in [0.29, 0.717) is 12.5 Å². The smallest absolute Gasteiger partial charge is 0.102 e. The standard InChI is InChI=1S/C12H19N3/c1-4-5-6-15-10-12(9-14-15)8-13-7-11(2)3/h9-11,13H,6-8H2,1-3H3. The first-order valence-corrected chi connectivity index (χ1v) is 5.34. The van der Waals surface area contributed by atoms with Crippen molar-refractivity contribution in [2.45, 2.75) is 33.9 Å². The summed E-state index contributed by atoms with van der Waals surface area (Å²) < 4.78 is 1.86. The van der Waals surface area contributed by atoms with Crippen LogP contribution in [0.1, 0.15) is 26.3 Å². The minimum Gasteiger partial charge on any atom is -0.312 e. The molecule has 0 bridgehead atoms. The Hall–Kier alpha value is -1.27. The van der Waals surface area contributed by atoms with E-state index in [-0.39, 0.29) is 0 Å². The number of nitrogens with one attached hydrogen (secondary N) is 1. The van der Waals surface area contributed by atoms with Crippen LogP contribution in [-0.4, -0.2) is 16.3 Å². The van der Waals surface area contributed by atoms with Gasteiger partial charge in [-0.3, -0.25) is 4.68 Å². The highest BCUT2D eigenvalue weighted by atomic mass is 15.3. The first kappa shape index (κ1) is 11.8. The van der Waals surface area contributed by atoms with E-state index in [1.54, 1.807) is 0 Å². The summed E-state index contributed by atoms with van der Waals surface area (Å²) in [5.74, 6) is 6.53. The average Bonchev–Trinajstić information content (AvgIpc) is 2.62. The highest BCUT2D eigenvalue weighted by Gasteiger charge is 1.98. The van der Waals surface area contributed by atoms with Crippen LogP contribution in [0, 0.1) is 17.8 Å². The van der Waals surface area contributed by atoms with Crippen molar-refractivity contribution in [3.63, 3.8) is 0 Å². The predicted molar refractivity (Wildman–Crippen MR) is 62.2 cm³/mol. The first-order valence-electron chi connectivity index (χ1n) is 5.34. The molecule has 0 atom stereocenters. The zero-order valence-corrected chi connectivity index (χ0v) is 9.75. The Kier molecular flexibility index (Phi) is 4.92. The van der Waals surface area contributed by atoms with Gasteiger partial charge >= 0.3 is 0 Å². The summed E-state index contributed by atoms with van der Waals surface area (Å²) in [6, 6.07) is 0. The maximum atomic E-state index is 4.23. The highest BCUT2D eigenvalue weighted by Crippen LogP contribution is 1.97.